The van der Waals surface area contributed by atoms with Gasteiger partial charge >= 0.3 is 0 Å². The van der Waals surface area contributed by atoms with E-state index in [2.05, 4.69) is 21.9 Å². The van der Waals surface area contributed by atoms with Crippen LogP contribution in [0.2, 0.25) is 0 Å². The fourth-order valence-electron chi connectivity index (χ4n) is 1.25. The molecule has 6 heteroatoms. The highest BCUT2D eigenvalue weighted by Gasteiger charge is 1.98. The lowest BCUT2D eigenvalue weighted by Crippen LogP contribution is -2.39. The molecule has 98 valence electrons. The van der Waals surface area contributed by atoms with Crippen LogP contribution in [-0.2, 0) is 6.42 Å². The van der Waals surface area contributed by atoms with Gasteiger partial charge in [0.25, 0.3) is 0 Å². The Labute approximate surface area is 124 Å². The summed E-state index contributed by atoms with van der Waals surface area (Å²) in [7, 11) is 1.78. The fraction of sp³-hybridized carbons (Fsp3) is 0.545. The average Bonchev–Trinajstić information content (AvgIpc) is 2.80. The van der Waals surface area contributed by atoms with Crippen LogP contribution in [0.25, 0.3) is 0 Å². The lowest BCUT2D eigenvalue weighted by atomic mass is 10.3. The van der Waals surface area contributed by atoms with E-state index in [0.29, 0.717) is 0 Å². The zero-order valence-electron chi connectivity index (χ0n) is 10.2. The van der Waals surface area contributed by atoms with Gasteiger partial charge in [-0.3, -0.25) is 4.99 Å². The summed E-state index contributed by atoms with van der Waals surface area (Å²) < 4.78 is 5.24. The zero-order valence-corrected chi connectivity index (χ0v) is 13.4. The molecule has 0 aliphatic carbocycles. The Bertz CT molecular complexity index is 304. The lowest BCUT2D eigenvalue weighted by molar-refractivity contribution is 0.507. The molecule has 0 aliphatic rings. The first-order valence-corrected chi connectivity index (χ1v) is 6.72. The van der Waals surface area contributed by atoms with Gasteiger partial charge in [-0.1, -0.05) is 0 Å². The van der Waals surface area contributed by atoms with Crippen molar-refractivity contribution in [2.45, 2.75) is 6.42 Å². The number of aliphatic imine (C=N–C) groups is 1. The van der Waals surface area contributed by atoms with E-state index in [1.165, 1.54) is 0 Å². The standard InChI is InChI=1S/C11H19N3OS.HI/c1-12-11(14-7-9-16-2)13-6-5-10-4-3-8-15-10;/h3-4,8H,5-7,9H2,1-2H3,(H2,12,13,14);1H. The van der Waals surface area contributed by atoms with Crippen LogP contribution in [0.4, 0.5) is 0 Å². The first-order valence-electron chi connectivity index (χ1n) is 5.32. The maximum absolute atomic E-state index is 5.24. The average molecular weight is 369 g/mol. The molecule has 0 aliphatic heterocycles. The summed E-state index contributed by atoms with van der Waals surface area (Å²) in [5, 5.41) is 6.47. The van der Waals surface area contributed by atoms with Gasteiger partial charge in [-0.15, -0.1) is 24.0 Å². The second-order valence-corrected chi connectivity index (χ2v) is 4.23. The van der Waals surface area contributed by atoms with Gasteiger partial charge in [0.15, 0.2) is 5.96 Å². The Balaban J connectivity index is 0.00000256. The second kappa shape index (κ2) is 10.8. The summed E-state index contributed by atoms with van der Waals surface area (Å²) in [6.45, 7) is 1.76. The smallest absolute Gasteiger partial charge is 0.191 e. The van der Waals surface area contributed by atoms with Crippen LogP contribution in [0.15, 0.2) is 27.8 Å². The van der Waals surface area contributed by atoms with E-state index in [1.54, 1.807) is 13.3 Å². The van der Waals surface area contributed by atoms with Gasteiger partial charge in [-0.2, -0.15) is 11.8 Å². The van der Waals surface area contributed by atoms with Crippen molar-refractivity contribution in [3.05, 3.63) is 24.2 Å². The molecule has 2 N–H and O–H groups in total. The van der Waals surface area contributed by atoms with Crippen molar-refractivity contribution in [3.8, 4) is 0 Å². The van der Waals surface area contributed by atoms with E-state index >= 15 is 0 Å². The van der Waals surface area contributed by atoms with Crippen molar-refractivity contribution in [1.82, 2.24) is 10.6 Å². The summed E-state index contributed by atoms with van der Waals surface area (Å²) >= 11 is 1.82. The van der Waals surface area contributed by atoms with Crippen molar-refractivity contribution in [3.63, 3.8) is 0 Å². The third-order valence-electron chi connectivity index (χ3n) is 2.07. The predicted molar refractivity (Wildman–Crippen MR) is 85.6 cm³/mol. The molecule has 4 nitrogen and oxygen atoms in total. The summed E-state index contributed by atoms with van der Waals surface area (Å²) in [4.78, 5) is 4.13. The van der Waals surface area contributed by atoms with E-state index in [-0.39, 0.29) is 24.0 Å². The highest BCUT2D eigenvalue weighted by atomic mass is 127. The lowest BCUT2D eigenvalue weighted by Gasteiger charge is -2.10. The SMILES string of the molecule is CN=C(NCCSC)NCCc1ccco1.I. The highest BCUT2D eigenvalue weighted by molar-refractivity contribution is 14.0. The number of halogens is 1. The first kappa shape index (κ1) is 16.6. The van der Waals surface area contributed by atoms with E-state index < -0.39 is 0 Å². The number of hydrogen-bond acceptors (Lipinski definition) is 3. The molecule has 0 bridgehead atoms. The molecule has 17 heavy (non-hydrogen) atoms. The first-order chi connectivity index (χ1) is 7.86. The maximum atomic E-state index is 5.24. The van der Waals surface area contributed by atoms with Gasteiger partial charge in [-0.25, -0.2) is 0 Å². The van der Waals surface area contributed by atoms with Crippen LogP contribution in [0, 0.1) is 0 Å². The zero-order chi connectivity index (χ0) is 11.6. The fourth-order valence-corrected chi connectivity index (χ4v) is 1.56. The molecule has 0 fully saturated rings. The van der Waals surface area contributed by atoms with Gasteiger partial charge in [0.05, 0.1) is 6.26 Å². The minimum atomic E-state index is 0. The molecular formula is C11H20IN3OS. The molecule has 1 rings (SSSR count). The molecule has 1 aromatic rings. The molecule has 0 saturated heterocycles. The Morgan fingerprint density at radius 1 is 1.41 bits per heavy atom. The van der Waals surface area contributed by atoms with Crippen LogP contribution in [-0.4, -0.2) is 38.1 Å². The number of furan rings is 1. The van der Waals surface area contributed by atoms with Crippen molar-refractivity contribution in [2.75, 3.05) is 32.1 Å². The Kier molecular flexibility index (Phi) is 10.5. The predicted octanol–water partition coefficient (Wildman–Crippen LogP) is 1.97. The van der Waals surface area contributed by atoms with Crippen LogP contribution in [0.1, 0.15) is 5.76 Å². The van der Waals surface area contributed by atoms with Gasteiger partial charge in [0, 0.05) is 32.3 Å². The largest absolute Gasteiger partial charge is 0.469 e. The molecule has 0 unspecified atom stereocenters. The molecule has 1 heterocycles. The van der Waals surface area contributed by atoms with Gasteiger partial charge in [-0.05, 0) is 18.4 Å². The highest BCUT2D eigenvalue weighted by Crippen LogP contribution is 1.99. The molecule has 0 saturated carbocycles. The van der Waals surface area contributed by atoms with Crippen molar-refractivity contribution < 1.29 is 4.42 Å². The Hall–Kier alpha value is -0.370. The summed E-state index contributed by atoms with van der Waals surface area (Å²) in [6, 6.07) is 3.88. The Morgan fingerprint density at radius 3 is 2.76 bits per heavy atom. The summed E-state index contributed by atoms with van der Waals surface area (Å²) in [5.41, 5.74) is 0. The minimum Gasteiger partial charge on any atom is -0.469 e. The van der Waals surface area contributed by atoms with Crippen LogP contribution in [0.5, 0.6) is 0 Å². The van der Waals surface area contributed by atoms with Gasteiger partial charge < -0.3 is 15.1 Å². The van der Waals surface area contributed by atoms with Crippen molar-refractivity contribution >= 4 is 41.7 Å². The number of rotatable bonds is 6. The number of nitrogens with zero attached hydrogens (tertiary/aromatic N) is 1. The third-order valence-corrected chi connectivity index (χ3v) is 2.68. The molecule has 0 spiro atoms. The number of nitrogens with one attached hydrogen (secondary N) is 2. The van der Waals surface area contributed by atoms with E-state index in [4.69, 9.17) is 4.42 Å². The molecule has 0 atom stereocenters. The molecular weight excluding hydrogens is 349 g/mol. The van der Waals surface area contributed by atoms with Crippen LogP contribution >= 0.6 is 35.7 Å². The number of thioether (sulfide) groups is 1. The van der Waals surface area contributed by atoms with E-state index in [0.717, 1.165) is 37.0 Å². The van der Waals surface area contributed by atoms with Gasteiger partial charge in [0.1, 0.15) is 5.76 Å². The maximum Gasteiger partial charge on any atom is 0.191 e. The third kappa shape index (κ3) is 7.54. The second-order valence-electron chi connectivity index (χ2n) is 3.25. The topological polar surface area (TPSA) is 49.6 Å². The molecule has 0 radical (unpaired) electrons. The number of hydrogen-bond donors (Lipinski definition) is 2. The Morgan fingerprint density at radius 2 is 2.18 bits per heavy atom. The number of guanidine groups is 1. The normalized spacial score (nSPS) is 10.8. The van der Waals surface area contributed by atoms with Crippen molar-refractivity contribution in [2.24, 2.45) is 4.99 Å². The molecule has 1 aromatic heterocycles. The minimum absolute atomic E-state index is 0. The summed E-state index contributed by atoms with van der Waals surface area (Å²) in [5.74, 6) is 2.92. The molecule has 0 amide bonds. The van der Waals surface area contributed by atoms with Crippen LogP contribution < -0.4 is 10.6 Å². The quantitative estimate of drug-likeness (QED) is 0.349. The van der Waals surface area contributed by atoms with Gasteiger partial charge in [0.2, 0.25) is 0 Å². The van der Waals surface area contributed by atoms with Crippen LogP contribution in [0.3, 0.4) is 0 Å². The van der Waals surface area contributed by atoms with E-state index in [1.807, 2.05) is 23.9 Å². The monoisotopic (exact) mass is 369 g/mol. The molecule has 0 aromatic carbocycles. The summed E-state index contributed by atoms with van der Waals surface area (Å²) in [6.07, 6.45) is 4.66. The van der Waals surface area contributed by atoms with E-state index in [9.17, 15) is 0 Å². The van der Waals surface area contributed by atoms with Crippen molar-refractivity contribution in [1.29, 1.82) is 0 Å².